The fraction of sp³-hybridized carbons (Fsp3) is 0.0357. The van der Waals surface area contributed by atoms with Crippen molar-refractivity contribution < 1.29 is 9.18 Å². The van der Waals surface area contributed by atoms with Gasteiger partial charge in [0.2, 0.25) is 5.91 Å². The molecular weight excluding hydrogens is 463 g/mol. The van der Waals surface area contributed by atoms with Crippen LogP contribution in [-0.4, -0.2) is 20.7 Å². The van der Waals surface area contributed by atoms with Crippen LogP contribution in [0.5, 0.6) is 0 Å². The third-order valence-corrected chi connectivity index (χ3v) is 5.91. The van der Waals surface area contributed by atoms with E-state index in [4.69, 9.17) is 16.7 Å². The monoisotopic (exact) mass is 482 g/mol. The molecule has 7 heteroatoms. The number of carbonyl (C=O) groups excluding carboxylic acids is 1. The molecule has 5 nitrogen and oxygen atoms in total. The predicted molar refractivity (Wildman–Crippen MR) is 136 cm³/mol. The number of benzene rings is 3. The Morgan fingerprint density at radius 1 is 0.857 bits per heavy atom. The number of nitrogens with zero attached hydrogens (tertiary/aromatic N) is 3. The lowest BCUT2D eigenvalue weighted by Crippen LogP contribution is -2.18. The third kappa shape index (κ3) is 4.83. The van der Waals surface area contributed by atoms with Crippen LogP contribution in [-0.2, 0) is 11.2 Å². The molecule has 1 N–H and O–H groups in total. The van der Waals surface area contributed by atoms with Gasteiger partial charge >= 0.3 is 0 Å². The minimum atomic E-state index is -0.338. The first-order valence-corrected chi connectivity index (χ1v) is 11.4. The number of halogens is 2. The molecule has 2 heterocycles. The van der Waals surface area contributed by atoms with Gasteiger partial charge in [-0.2, -0.15) is 5.10 Å². The number of para-hydroxylation sites is 1. The number of aromatic nitrogens is 3. The summed E-state index contributed by atoms with van der Waals surface area (Å²) in [5.74, 6) is -0.0788. The second kappa shape index (κ2) is 9.91. The normalized spacial score (nSPS) is 10.8. The summed E-state index contributed by atoms with van der Waals surface area (Å²) in [6, 6.07) is 26.6. The fourth-order valence-corrected chi connectivity index (χ4v) is 4.08. The first-order chi connectivity index (χ1) is 17.1. The molecule has 0 fully saturated rings. The van der Waals surface area contributed by atoms with Crippen LogP contribution >= 0.6 is 11.6 Å². The maximum Gasteiger partial charge on any atom is 0.230 e. The summed E-state index contributed by atoms with van der Waals surface area (Å²) in [6.45, 7) is 0. The van der Waals surface area contributed by atoms with Crippen LogP contribution in [0.3, 0.4) is 0 Å². The largest absolute Gasteiger partial charge is 0.310 e. The Labute approximate surface area is 206 Å². The molecule has 0 radical (unpaired) electrons. The van der Waals surface area contributed by atoms with Crippen molar-refractivity contribution >= 4 is 23.3 Å². The van der Waals surface area contributed by atoms with Crippen LogP contribution in [0, 0.1) is 5.82 Å². The quantitative estimate of drug-likeness (QED) is 0.297. The van der Waals surface area contributed by atoms with E-state index in [1.54, 1.807) is 35.3 Å². The minimum Gasteiger partial charge on any atom is -0.310 e. The maximum absolute atomic E-state index is 13.7. The van der Waals surface area contributed by atoms with Gasteiger partial charge in [-0.05, 0) is 65.7 Å². The van der Waals surface area contributed by atoms with Gasteiger partial charge in [-0.1, -0.05) is 48.0 Å². The average molecular weight is 483 g/mol. The van der Waals surface area contributed by atoms with Crippen LogP contribution in [0.1, 0.15) is 5.56 Å². The zero-order chi connectivity index (χ0) is 24.2. The Morgan fingerprint density at radius 2 is 1.54 bits per heavy atom. The van der Waals surface area contributed by atoms with E-state index in [9.17, 15) is 9.18 Å². The molecule has 172 valence electrons. The number of anilines is 1. The highest BCUT2D eigenvalue weighted by Crippen LogP contribution is 2.39. The predicted octanol–water partition coefficient (Wildman–Crippen LogP) is 6.58. The summed E-state index contributed by atoms with van der Waals surface area (Å²) < 4.78 is 15.4. The topological polar surface area (TPSA) is 59.8 Å². The Balaban J connectivity index is 1.68. The molecular formula is C28H20ClFN4O. The molecule has 5 rings (SSSR count). The summed E-state index contributed by atoms with van der Waals surface area (Å²) in [7, 11) is 0. The molecule has 0 saturated heterocycles. The number of amides is 1. The van der Waals surface area contributed by atoms with Crippen molar-refractivity contribution in [2.45, 2.75) is 6.42 Å². The number of hydrogen-bond acceptors (Lipinski definition) is 3. The van der Waals surface area contributed by atoms with E-state index in [0.717, 1.165) is 22.4 Å². The summed E-state index contributed by atoms with van der Waals surface area (Å²) in [6.07, 6.45) is 3.46. The highest BCUT2D eigenvalue weighted by atomic mass is 35.5. The summed E-state index contributed by atoms with van der Waals surface area (Å²) in [4.78, 5) is 17.3. The first-order valence-electron chi connectivity index (χ1n) is 11.0. The van der Waals surface area contributed by atoms with Crippen molar-refractivity contribution in [3.8, 4) is 28.1 Å². The third-order valence-electron chi connectivity index (χ3n) is 5.54. The number of carbonyl (C=O) groups is 1. The van der Waals surface area contributed by atoms with Gasteiger partial charge in [-0.15, -0.1) is 0 Å². The zero-order valence-corrected chi connectivity index (χ0v) is 19.3. The molecule has 0 aliphatic heterocycles. The van der Waals surface area contributed by atoms with Gasteiger partial charge in [-0.3, -0.25) is 9.78 Å². The minimum absolute atomic E-state index is 0.0985. The molecule has 0 atom stereocenters. The Kier molecular flexibility index (Phi) is 6.37. The van der Waals surface area contributed by atoms with Crippen LogP contribution in [0.15, 0.2) is 103 Å². The maximum atomic E-state index is 13.7. The number of nitrogens with one attached hydrogen (secondary N) is 1. The highest BCUT2D eigenvalue weighted by molar-refractivity contribution is 6.31. The Bertz CT molecular complexity index is 1470. The van der Waals surface area contributed by atoms with Crippen LogP contribution in [0.2, 0.25) is 5.02 Å². The van der Waals surface area contributed by atoms with Crippen molar-refractivity contribution in [1.29, 1.82) is 0 Å². The van der Waals surface area contributed by atoms with Gasteiger partial charge in [0.1, 0.15) is 17.3 Å². The van der Waals surface area contributed by atoms with Crippen molar-refractivity contribution in [2.24, 2.45) is 0 Å². The van der Waals surface area contributed by atoms with Gasteiger partial charge in [-0.25, -0.2) is 9.07 Å². The smallest absolute Gasteiger partial charge is 0.230 e. The van der Waals surface area contributed by atoms with Crippen molar-refractivity contribution in [3.05, 3.63) is 120 Å². The van der Waals surface area contributed by atoms with Crippen molar-refractivity contribution in [2.75, 3.05) is 5.32 Å². The van der Waals surface area contributed by atoms with Gasteiger partial charge in [0, 0.05) is 23.0 Å². The summed E-state index contributed by atoms with van der Waals surface area (Å²) in [5, 5.41) is 8.46. The van der Waals surface area contributed by atoms with Gasteiger partial charge < -0.3 is 5.32 Å². The molecule has 0 aliphatic rings. The second-order valence-corrected chi connectivity index (χ2v) is 8.29. The Morgan fingerprint density at radius 3 is 2.26 bits per heavy atom. The molecule has 35 heavy (non-hydrogen) atoms. The molecule has 0 spiro atoms. The van der Waals surface area contributed by atoms with E-state index in [-0.39, 0.29) is 18.1 Å². The van der Waals surface area contributed by atoms with Crippen LogP contribution in [0.25, 0.3) is 28.1 Å². The van der Waals surface area contributed by atoms with Crippen molar-refractivity contribution in [3.63, 3.8) is 0 Å². The molecule has 0 bridgehead atoms. The lowest BCUT2D eigenvalue weighted by Gasteiger charge is -2.12. The number of rotatable bonds is 6. The van der Waals surface area contributed by atoms with Crippen molar-refractivity contribution in [1.82, 2.24) is 14.8 Å². The molecule has 5 aromatic rings. The lowest BCUT2D eigenvalue weighted by atomic mass is 10.0. The van der Waals surface area contributed by atoms with Gasteiger partial charge in [0.05, 0.1) is 17.7 Å². The molecule has 3 aromatic carbocycles. The van der Waals surface area contributed by atoms with Crippen LogP contribution in [0.4, 0.5) is 10.2 Å². The van der Waals surface area contributed by atoms with E-state index < -0.39 is 0 Å². The van der Waals surface area contributed by atoms with Gasteiger partial charge in [0.25, 0.3) is 0 Å². The fourth-order valence-electron chi connectivity index (χ4n) is 3.88. The number of pyridine rings is 1. The van der Waals surface area contributed by atoms with E-state index in [0.29, 0.717) is 22.1 Å². The molecule has 2 aromatic heterocycles. The highest BCUT2D eigenvalue weighted by Gasteiger charge is 2.23. The Hall–Kier alpha value is -4.29. The standard InChI is InChI=1S/C28H20ClFN4O/c29-24-9-5-4-6-21(24)18-25(35)32-28-26(19-14-16-31-17-15-19)27(20-10-12-22(30)13-11-20)33-34(28)23-7-2-1-3-8-23/h1-17H,18H2,(H,32,35). The van der Waals surface area contributed by atoms with E-state index >= 15 is 0 Å². The average Bonchev–Trinajstić information content (AvgIpc) is 3.26. The van der Waals surface area contributed by atoms with Crippen LogP contribution < -0.4 is 5.32 Å². The van der Waals surface area contributed by atoms with Gasteiger partial charge in [0.15, 0.2) is 0 Å². The second-order valence-electron chi connectivity index (χ2n) is 7.88. The summed E-state index contributed by atoms with van der Waals surface area (Å²) in [5.41, 5.74) is 4.33. The molecule has 0 saturated carbocycles. The van der Waals surface area contributed by atoms with E-state index in [2.05, 4.69) is 10.3 Å². The molecule has 0 unspecified atom stereocenters. The molecule has 1 amide bonds. The first kappa shape index (κ1) is 22.5. The zero-order valence-electron chi connectivity index (χ0n) is 18.5. The SMILES string of the molecule is O=C(Cc1ccccc1Cl)Nc1c(-c2ccncc2)c(-c2ccc(F)cc2)nn1-c1ccccc1. The molecule has 0 aliphatic carbocycles. The lowest BCUT2D eigenvalue weighted by molar-refractivity contribution is -0.115. The number of hydrogen-bond donors (Lipinski definition) is 1. The van der Waals surface area contributed by atoms with E-state index in [1.165, 1.54) is 12.1 Å². The van der Waals surface area contributed by atoms with E-state index in [1.807, 2.05) is 60.7 Å². The summed E-state index contributed by atoms with van der Waals surface area (Å²) >= 11 is 6.29.